The molecule has 1 heterocycles. The quantitative estimate of drug-likeness (QED) is 0.687. The molecule has 0 unspecified atom stereocenters. The molecule has 1 aromatic carbocycles. The molecule has 0 radical (unpaired) electrons. The molecule has 3 N–H and O–H groups in total. The molecule has 6 heteroatoms. The van der Waals surface area contributed by atoms with Crippen LogP contribution in [-0.4, -0.2) is 57.3 Å². The molecule has 1 aromatic rings. The van der Waals surface area contributed by atoms with Crippen molar-refractivity contribution in [1.82, 2.24) is 15.5 Å². The summed E-state index contributed by atoms with van der Waals surface area (Å²) in [5.41, 5.74) is 0.694. The summed E-state index contributed by atoms with van der Waals surface area (Å²) in [7, 11) is 1.59. The Labute approximate surface area is 125 Å². The van der Waals surface area contributed by atoms with Gasteiger partial charge in [0.15, 0.2) is 0 Å². The van der Waals surface area contributed by atoms with Crippen LogP contribution in [0, 0.1) is 0 Å². The molecule has 2 rings (SSSR count). The van der Waals surface area contributed by atoms with Crippen molar-refractivity contribution < 1.29 is 9.53 Å². The molecular formula is C15H24N4O2. The van der Waals surface area contributed by atoms with E-state index in [-0.39, 0.29) is 6.03 Å². The van der Waals surface area contributed by atoms with E-state index < -0.39 is 0 Å². The van der Waals surface area contributed by atoms with Crippen LogP contribution in [0.25, 0.3) is 0 Å². The lowest BCUT2D eigenvalue weighted by Gasteiger charge is -2.27. The van der Waals surface area contributed by atoms with E-state index in [0.29, 0.717) is 18.0 Å². The van der Waals surface area contributed by atoms with Gasteiger partial charge in [-0.25, -0.2) is 4.79 Å². The largest absolute Gasteiger partial charge is 0.491 e. The van der Waals surface area contributed by atoms with E-state index in [1.807, 2.05) is 24.3 Å². The predicted molar refractivity (Wildman–Crippen MR) is 83.9 cm³/mol. The lowest BCUT2D eigenvalue weighted by Crippen LogP contribution is -2.43. The maximum Gasteiger partial charge on any atom is 0.319 e. The number of amides is 2. The number of nitrogens with zero attached hydrogens (tertiary/aromatic N) is 1. The van der Waals surface area contributed by atoms with Gasteiger partial charge in [0.2, 0.25) is 0 Å². The normalized spacial score (nSPS) is 15.5. The Morgan fingerprint density at radius 3 is 2.86 bits per heavy atom. The van der Waals surface area contributed by atoms with Crippen LogP contribution in [0.4, 0.5) is 10.5 Å². The van der Waals surface area contributed by atoms with Gasteiger partial charge in [0.1, 0.15) is 5.75 Å². The summed E-state index contributed by atoms with van der Waals surface area (Å²) in [5, 5.41) is 8.63. The molecule has 1 fully saturated rings. The Hall–Kier alpha value is -1.79. The lowest BCUT2D eigenvalue weighted by atomic mass is 10.3. The molecule has 0 spiro atoms. The second-order valence-electron chi connectivity index (χ2n) is 4.99. The van der Waals surface area contributed by atoms with Gasteiger partial charge in [0.05, 0.1) is 12.3 Å². The standard InChI is InChI=1S/C15H24N4O2/c1-16-15(20)18-13-5-2-3-6-14(13)21-12-4-9-19-10-7-17-8-11-19/h2-3,5-6,17H,4,7-12H2,1H3,(H2,16,18,20). The first-order chi connectivity index (χ1) is 10.3. The average molecular weight is 292 g/mol. The summed E-state index contributed by atoms with van der Waals surface area (Å²) < 4.78 is 5.79. The fourth-order valence-electron chi connectivity index (χ4n) is 2.29. The first-order valence-electron chi connectivity index (χ1n) is 7.43. The van der Waals surface area contributed by atoms with Gasteiger partial charge in [0, 0.05) is 39.8 Å². The first kappa shape index (κ1) is 15.6. The molecule has 0 aliphatic carbocycles. The Kier molecular flexibility index (Phi) is 6.30. The number of carbonyl (C=O) groups is 1. The van der Waals surface area contributed by atoms with Crippen molar-refractivity contribution in [1.29, 1.82) is 0 Å². The van der Waals surface area contributed by atoms with Crippen LogP contribution < -0.4 is 20.7 Å². The smallest absolute Gasteiger partial charge is 0.319 e. The summed E-state index contributed by atoms with van der Waals surface area (Å²) in [6.07, 6.45) is 0.980. The molecule has 1 aliphatic heterocycles. The summed E-state index contributed by atoms with van der Waals surface area (Å²) in [6, 6.07) is 7.24. The van der Waals surface area contributed by atoms with Gasteiger partial charge >= 0.3 is 6.03 Å². The highest BCUT2D eigenvalue weighted by Gasteiger charge is 2.09. The number of nitrogens with one attached hydrogen (secondary N) is 3. The number of rotatable bonds is 6. The topological polar surface area (TPSA) is 65.6 Å². The second-order valence-corrected chi connectivity index (χ2v) is 4.99. The van der Waals surface area contributed by atoms with E-state index >= 15 is 0 Å². The van der Waals surface area contributed by atoms with Gasteiger partial charge in [-0.15, -0.1) is 0 Å². The van der Waals surface area contributed by atoms with Crippen molar-refractivity contribution in [2.24, 2.45) is 0 Å². The van der Waals surface area contributed by atoms with Crippen LogP contribution in [0.2, 0.25) is 0 Å². The Balaban J connectivity index is 1.75. The minimum Gasteiger partial charge on any atom is -0.491 e. The van der Waals surface area contributed by atoms with Crippen LogP contribution in [-0.2, 0) is 0 Å². The maximum atomic E-state index is 11.4. The Morgan fingerprint density at radius 2 is 2.10 bits per heavy atom. The minimum absolute atomic E-state index is 0.244. The lowest BCUT2D eigenvalue weighted by molar-refractivity contribution is 0.214. The maximum absolute atomic E-state index is 11.4. The van der Waals surface area contributed by atoms with Crippen LogP contribution in [0.15, 0.2) is 24.3 Å². The number of piperazine rings is 1. The van der Waals surface area contributed by atoms with Crippen molar-refractivity contribution in [3.63, 3.8) is 0 Å². The van der Waals surface area contributed by atoms with Crippen LogP contribution in [0.5, 0.6) is 5.75 Å². The highest BCUT2D eigenvalue weighted by Crippen LogP contribution is 2.23. The molecular weight excluding hydrogens is 268 g/mol. The monoisotopic (exact) mass is 292 g/mol. The van der Waals surface area contributed by atoms with E-state index in [1.54, 1.807) is 7.05 Å². The first-order valence-corrected chi connectivity index (χ1v) is 7.43. The van der Waals surface area contributed by atoms with Gasteiger partial charge in [-0.3, -0.25) is 0 Å². The fourth-order valence-corrected chi connectivity index (χ4v) is 2.29. The van der Waals surface area contributed by atoms with Crippen LogP contribution in [0.1, 0.15) is 6.42 Å². The van der Waals surface area contributed by atoms with Gasteiger partial charge in [-0.2, -0.15) is 0 Å². The van der Waals surface area contributed by atoms with Gasteiger partial charge < -0.3 is 25.6 Å². The fraction of sp³-hybridized carbons (Fsp3) is 0.533. The Bertz CT molecular complexity index is 447. The van der Waals surface area contributed by atoms with Gasteiger partial charge in [-0.1, -0.05) is 12.1 Å². The molecule has 2 amide bonds. The zero-order valence-corrected chi connectivity index (χ0v) is 12.5. The number of anilines is 1. The number of benzene rings is 1. The third kappa shape index (κ3) is 5.24. The van der Waals surface area contributed by atoms with Gasteiger partial charge in [0.25, 0.3) is 0 Å². The molecule has 6 nitrogen and oxygen atoms in total. The van der Waals surface area contributed by atoms with Crippen LogP contribution in [0.3, 0.4) is 0 Å². The van der Waals surface area contributed by atoms with Crippen molar-refractivity contribution in [2.75, 3.05) is 51.7 Å². The number of hydrogen-bond acceptors (Lipinski definition) is 4. The molecule has 1 saturated heterocycles. The van der Waals surface area contributed by atoms with Gasteiger partial charge in [-0.05, 0) is 18.6 Å². The zero-order valence-electron chi connectivity index (χ0n) is 12.5. The van der Waals surface area contributed by atoms with Crippen molar-refractivity contribution in [3.8, 4) is 5.75 Å². The van der Waals surface area contributed by atoms with Crippen molar-refractivity contribution in [2.45, 2.75) is 6.42 Å². The number of urea groups is 1. The third-order valence-corrected chi connectivity index (χ3v) is 3.45. The highest BCUT2D eigenvalue weighted by molar-refractivity contribution is 5.90. The number of carbonyl (C=O) groups excluding carboxylic acids is 1. The van der Waals surface area contributed by atoms with E-state index in [4.69, 9.17) is 4.74 Å². The third-order valence-electron chi connectivity index (χ3n) is 3.45. The molecule has 0 atom stereocenters. The molecule has 0 aromatic heterocycles. The van der Waals surface area contributed by atoms with E-state index in [2.05, 4.69) is 20.9 Å². The SMILES string of the molecule is CNC(=O)Nc1ccccc1OCCCN1CCNCC1. The van der Waals surface area contributed by atoms with Crippen LogP contribution >= 0.6 is 0 Å². The van der Waals surface area contributed by atoms with E-state index in [1.165, 1.54) is 0 Å². The van der Waals surface area contributed by atoms with E-state index in [9.17, 15) is 4.79 Å². The summed E-state index contributed by atoms with van der Waals surface area (Å²) in [4.78, 5) is 13.8. The van der Waals surface area contributed by atoms with Crippen molar-refractivity contribution in [3.05, 3.63) is 24.3 Å². The molecule has 0 bridgehead atoms. The molecule has 1 aliphatic rings. The second kappa shape index (κ2) is 8.49. The molecule has 0 saturated carbocycles. The molecule has 21 heavy (non-hydrogen) atoms. The Morgan fingerprint density at radius 1 is 1.33 bits per heavy atom. The van der Waals surface area contributed by atoms with Crippen molar-refractivity contribution >= 4 is 11.7 Å². The summed E-state index contributed by atoms with van der Waals surface area (Å²) in [6.45, 7) is 6.05. The number of para-hydroxylation sites is 2. The number of hydrogen-bond donors (Lipinski definition) is 3. The average Bonchev–Trinajstić information content (AvgIpc) is 2.54. The summed E-state index contributed by atoms with van der Waals surface area (Å²) >= 11 is 0. The highest BCUT2D eigenvalue weighted by atomic mass is 16.5. The minimum atomic E-state index is -0.244. The summed E-state index contributed by atoms with van der Waals surface area (Å²) in [5.74, 6) is 0.710. The zero-order chi connectivity index (χ0) is 14.9. The molecule has 116 valence electrons. The van der Waals surface area contributed by atoms with E-state index in [0.717, 1.165) is 39.1 Å². The number of ether oxygens (including phenoxy) is 1. The predicted octanol–water partition coefficient (Wildman–Crippen LogP) is 1.11.